The molecular formula is C19H15NO. The Morgan fingerprint density at radius 3 is 2.48 bits per heavy atom. The van der Waals surface area contributed by atoms with Gasteiger partial charge in [-0.2, -0.15) is 0 Å². The lowest BCUT2D eigenvalue weighted by molar-refractivity contribution is 0.415. The topological polar surface area (TPSA) is 21.6 Å². The fourth-order valence-corrected chi connectivity index (χ4v) is 2.94. The fraction of sp³-hybridized carbons (Fsp3) is 0.105. The third-order valence-corrected chi connectivity index (χ3v) is 3.98. The van der Waals surface area contributed by atoms with Gasteiger partial charge in [-0.25, -0.2) is 4.99 Å². The molecule has 4 rings (SSSR count). The van der Waals surface area contributed by atoms with Gasteiger partial charge in [0.1, 0.15) is 5.75 Å². The summed E-state index contributed by atoms with van der Waals surface area (Å²) in [7, 11) is 1.69. The predicted molar refractivity (Wildman–Crippen MR) is 87.1 cm³/mol. The van der Waals surface area contributed by atoms with Crippen LogP contribution in [-0.4, -0.2) is 12.8 Å². The van der Waals surface area contributed by atoms with E-state index in [9.17, 15) is 0 Å². The Labute approximate surface area is 124 Å². The van der Waals surface area contributed by atoms with Crippen LogP contribution in [-0.2, 0) is 0 Å². The van der Waals surface area contributed by atoms with Gasteiger partial charge in [0.15, 0.2) is 0 Å². The Kier molecular flexibility index (Phi) is 2.74. The molecule has 102 valence electrons. The van der Waals surface area contributed by atoms with E-state index in [1.54, 1.807) is 7.11 Å². The van der Waals surface area contributed by atoms with Crippen molar-refractivity contribution in [3.8, 4) is 5.75 Å². The molecule has 0 unspecified atom stereocenters. The van der Waals surface area contributed by atoms with Crippen LogP contribution in [0.25, 0.3) is 11.1 Å². The lowest BCUT2D eigenvalue weighted by Crippen LogP contribution is -2.05. The molecule has 0 spiro atoms. The van der Waals surface area contributed by atoms with E-state index in [-0.39, 0.29) is 0 Å². The molecule has 2 nitrogen and oxygen atoms in total. The molecule has 0 atom stereocenters. The smallest absolute Gasteiger partial charge is 0.118 e. The highest BCUT2D eigenvalue weighted by Crippen LogP contribution is 2.41. The summed E-state index contributed by atoms with van der Waals surface area (Å²) in [6.45, 7) is 0. The van der Waals surface area contributed by atoms with Crippen LogP contribution in [0.3, 0.4) is 0 Å². The zero-order valence-corrected chi connectivity index (χ0v) is 11.8. The summed E-state index contributed by atoms with van der Waals surface area (Å²) in [6.07, 6.45) is 5.46. The number of methoxy groups -OCH3 is 1. The van der Waals surface area contributed by atoms with Crippen molar-refractivity contribution in [3.05, 3.63) is 71.8 Å². The summed E-state index contributed by atoms with van der Waals surface area (Å²) in [6, 6.07) is 16.5. The maximum atomic E-state index is 5.23. The van der Waals surface area contributed by atoms with E-state index in [4.69, 9.17) is 9.73 Å². The highest BCUT2D eigenvalue weighted by molar-refractivity contribution is 6.48. The van der Waals surface area contributed by atoms with Gasteiger partial charge in [0.25, 0.3) is 0 Å². The minimum absolute atomic E-state index is 0.877. The van der Waals surface area contributed by atoms with Crippen LogP contribution in [0, 0.1) is 0 Å². The number of allylic oxidation sites excluding steroid dienone is 4. The number of rotatable bonds is 2. The molecule has 0 saturated heterocycles. The molecule has 1 aliphatic carbocycles. The number of nitrogens with zero attached hydrogens (tertiary/aromatic N) is 1. The lowest BCUT2D eigenvalue weighted by atomic mass is 9.88. The third kappa shape index (κ3) is 1.91. The van der Waals surface area contributed by atoms with Crippen LogP contribution in [0.15, 0.2) is 65.7 Å². The summed E-state index contributed by atoms with van der Waals surface area (Å²) in [5, 5.41) is 0. The molecule has 0 radical (unpaired) electrons. The molecular weight excluding hydrogens is 258 g/mol. The van der Waals surface area contributed by atoms with E-state index in [1.807, 2.05) is 18.2 Å². The monoisotopic (exact) mass is 273 g/mol. The molecule has 2 aromatic rings. The molecule has 0 bridgehead atoms. The average Bonchev–Trinajstić information content (AvgIpc) is 2.94. The number of hydrogen-bond donors (Lipinski definition) is 0. The van der Waals surface area contributed by atoms with Gasteiger partial charge in [0, 0.05) is 16.7 Å². The van der Waals surface area contributed by atoms with Crippen molar-refractivity contribution in [2.45, 2.75) is 6.42 Å². The summed E-state index contributed by atoms with van der Waals surface area (Å²) in [5.41, 5.74) is 7.07. The fourth-order valence-electron chi connectivity index (χ4n) is 2.94. The van der Waals surface area contributed by atoms with Crippen LogP contribution in [0.5, 0.6) is 5.75 Å². The molecule has 0 N–H and O–H groups in total. The van der Waals surface area contributed by atoms with E-state index in [0.717, 1.165) is 23.6 Å². The Balaban J connectivity index is 1.77. The highest BCUT2D eigenvalue weighted by Gasteiger charge is 2.25. The van der Waals surface area contributed by atoms with Gasteiger partial charge in [-0.05, 0) is 30.2 Å². The van der Waals surface area contributed by atoms with Crippen molar-refractivity contribution in [3.63, 3.8) is 0 Å². The number of benzene rings is 2. The molecule has 1 heterocycles. The van der Waals surface area contributed by atoms with E-state index in [1.165, 1.54) is 22.3 Å². The highest BCUT2D eigenvalue weighted by atomic mass is 16.5. The van der Waals surface area contributed by atoms with Crippen molar-refractivity contribution in [1.29, 1.82) is 0 Å². The molecule has 21 heavy (non-hydrogen) atoms. The Bertz CT molecular complexity index is 795. The van der Waals surface area contributed by atoms with Crippen molar-refractivity contribution < 1.29 is 4.74 Å². The normalized spacial score (nSPS) is 15.6. The van der Waals surface area contributed by atoms with Gasteiger partial charge in [0.05, 0.1) is 18.5 Å². The second-order valence-corrected chi connectivity index (χ2v) is 5.18. The molecule has 0 saturated carbocycles. The SMILES string of the molecule is COc1ccc(C2=CCC=C3C2=Nc2ccccc23)cc1. The zero-order valence-electron chi connectivity index (χ0n) is 11.8. The van der Waals surface area contributed by atoms with E-state index in [0.29, 0.717) is 0 Å². The summed E-state index contributed by atoms with van der Waals surface area (Å²) in [4.78, 5) is 4.82. The summed E-state index contributed by atoms with van der Waals surface area (Å²) < 4.78 is 5.23. The molecule has 2 aromatic carbocycles. The van der Waals surface area contributed by atoms with Crippen LogP contribution >= 0.6 is 0 Å². The largest absolute Gasteiger partial charge is 0.497 e. The first-order valence-corrected chi connectivity index (χ1v) is 7.10. The van der Waals surface area contributed by atoms with Gasteiger partial charge in [0.2, 0.25) is 0 Å². The molecule has 0 fully saturated rings. The van der Waals surface area contributed by atoms with Crippen LogP contribution in [0.1, 0.15) is 17.5 Å². The van der Waals surface area contributed by atoms with Crippen LogP contribution in [0.2, 0.25) is 0 Å². The van der Waals surface area contributed by atoms with Gasteiger partial charge < -0.3 is 4.74 Å². The second kappa shape index (κ2) is 4.74. The first-order chi connectivity index (χ1) is 10.4. The predicted octanol–water partition coefficient (Wildman–Crippen LogP) is 4.65. The number of aliphatic imine (C=N–C) groups is 1. The van der Waals surface area contributed by atoms with Crippen molar-refractivity contribution >= 4 is 22.5 Å². The van der Waals surface area contributed by atoms with Gasteiger partial charge in [-0.3, -0.25) is 0 Å². The lowest BCUT2D eigenvalue weighted by Gasteiger charge is -2.14. The zero-order chi connectivity index (χ0) is 14.2. The van der Waals surface area contributed by atoms with Crippen LogP contribution < -0.4 is 4.74 Å². The van der Waals surface area contributed by atoms with Gasteiger partial charge in [-0.1, -0.05) is 42.5 Å². The van der Waals surface area contributed by atoms with Gasteiger partial charge >= 0.3 is 0 Å². The molecule has 0 amide bonds. The summed E-state index contributed by atoms with van der Waals surface area (Å²) >= 11 is 0. The second-order valence-electron chi connectivity index (χ2n) is 5.18. The van der Waals surface area contributed by atoms with Crippen molar-refractivity contribution in [1.82, 2.24) is 0 Å². The minimum atomic E-state index is 0.877. The minimum Gasteiger partial charge on any atom is -0.497 e. The maximum absolute atomic E-state index is 5.23. The Morgan fingerprint density at radius 1 is 0.905 bits per heavy atom. The number of hydrogen-bond acceptors (Lipinski definition) is 2. The van der Waals surface area contributed by atoms with E-state index < -0.39 is 0 Å². The Hall–Kier alpha value is -2.61. The standard InChI is InChI=1S/C19H15NO/c1-21-14-11-9-13(10-12-14)15-6-4-7-17-16-5-2-3-8-18(16)20-19(15)17/h2-3,5-12H,4H2,1H3. The van der Waals surface area contributed by atoms with E-state index in [2.05, 4.69) is 42.5 Å². The maximum Gasteiger partial charge on any atom is 0.118 e. The number of ether oxygens (including phenoxy) is 1. The quantitative estimate of drug-likeness (QED) is 0.780. The first-order valence-electron chi connectivity index (χ1n) is 7.10. The number of para-hydroxylation sites is 1. The summed E-state index contributed by atoms with van der Waals surface area (Å²) in [5.74, 6) is 0.877. The number of fused-ring (bicyclic) bond motifs is 3. The van der Waals surface area contributed by atoms with Gasteiger partial charge in [-0.15, -0.1) is 0 Å². The molecule has 0 aromatic heterocycles. The van der Waals surface area contributed by atoms with Crippen molar-refractivity contribution in [2.24, 2.45) is 4.99 Å². The molecule has 2 aliphatic rings. The van der Waals surface area contributed by atoms with Crippen molar-refractivity contribution in [2.75, 3.05) is 7.11 Å². The molecule has 2 heteroatoms. The third-order valence-electron chi connectivity index (χ3n) is 3.98. The Morgan fingerprint density at radius 2 is 1.67 bits per heavy atom. The molecule has 1 aliphatic heterocycles. The van der Waals surface area contributed by atoms with E-state index >= 15 is 0 Å². The average molecular weight is 273 g/mol. The van der Waals surface area contributed by atoms with Crippen LogP contribution in [0.4, 0.5) is 5.69 Å². The first kappa shape index (κ1) is 12.2.